The summed E-state index contributed by atoms with van der Waals surface area (Å²) in [5.41, 5.74) is 22.1. The van der Waals surface area contributed by atoms with Gasteiger partial charge in [0.1, 0.15) is 17.4 Å². The average molecular weight is 753 g/mol. The Hall–Kier alpha value is -5.20. The molecule has 7 N–H and O–H groups in total. The highest BCUT2D eigenvalue weighted by Gasteiger charge is 2.40. The van der Waals surface area contributed by atoms with E-state index in [9.17, 15) is 4.79 Å². The summed E-state index contributed by atoms with van der Waals surface area (Å²) >= 11 is 0. The maximum absolute atomic E-state index is 15.2. The number of fused-ring (bicyclic) bond motifs is 1. The Morgan fingerprint density at radius 2 is 1.44 bits per heavy atom. The largest absolute Gasteiger partial charge is 0.487 e. The highest BCUT2D eigenvalue weighted by molar-refractivity contribution is 7.89. The van der Waals surface area contributed by atoms with E-state index in [-0.39, 0.29) is 36.8 Å². The molecule has 286 valence electrons. The summed E-state index contributed by atoms with van der Waals surface area (Å²) in [6.07, 6.45) is 1.68. The highest BCUT2D eigenvalue weighted by atomic mass is 32.2. The van der Waals surface area contributed by atoms with Crippen LogP contribution in [0.4, 0.5) is 0 Å². The molecule has 0 radical (unpaired) electrons. The topological polar surface area (TPSA) is 183 Å². The molecule has 4 aromatic rings. The van der Waals surface area contributed by atoms with E-state index in [4.69, 9.17) is 21.9 Å². The zero-order chi connectivity index (χ0) is 39.2. The number of carbonyl (C=O) groups excluding carboxylic acids is 2. The van der Waals surface area contributed by atoms with E-state index in [1.54, 1.807) is 26.0 Å². The Bertz CT molecular complexity index is 2060. The first-order valence-corrected chi connectivity index (χ1v) is 19.7. The molecule has 11 nitrogen and oxygen atoms in total. The van der Waals surface area contributed by atoms with Crippen molar-refractivity contribution >= 4 is 27.8 Å². The molecule has 1 aliphatic heterocycles. The lowest BCUT2D eigenvalue weighted by Crippen LogP contribution is -2.51. The van der Waals surface area contributed by atoms with Crippen LogP contribution in [0, 0.1) is 20.8 Å². The molecule has 0 bridgehead atoms. The van der Waals surface area contributed by atoms with Gasteiger partial charge in [-0.3, -0.25) is 14.6 Å². The maximum atomic E-state index is 15.2. The summed E-state index contributed by atoms with van der Waals surface area (Å²) in [5.74, 6) is -1.42. The van der Waals surface area contributed by atoms with E-state index < -0.39 is 39.4 Å². The lowest BCUT2D eigenvalue weighted by molar-refractivity contribution is -0.133. The number of guanidine groups is 1. The number of sulfonamides is 1. The normalized spacial score (nSPS) is 14.1. The molecule has 1 aliphatic rings. The SMILES string of the molecule is Cc1c(C)c(S(=O)(=O)N(Cc2ccc(CN)cc2)C(=O)[C@@H](CCCN=C(N)N)NC(=O)C(c2ccccc2)c2ccccc2)c(C)c2c1OC(C)(C)CC2. The van der Waals surface area contributed by atoms with Crippen LogP contribution in [-0.4, -0.2) is 48.7 Å². The van der Waals surface area contributed by atoms with Gasteiger partial charge in [-0.1, -0.05) is 84.9 Å². The highest BCUT2D eigenvalue weighted by Crippen LogP contribution is 2.43. The van der Waals surface area contributed by atoms with Crippen molar-refractivity contribution in [2.45, 2.75) is 95.8 Å². The molecule has 0 saturated heterocycles. The van der Waals surface area contributed by atoms with E-state index in [1.807, 2.05) is 93.6 Å². The van der Waals surface area contributed by atoms with E-state index >= 15 is 13.2 Å². The minimum absolute atomic E-state index is 0.0611. The van der Waals surface area contributed by atoms with Crippen LogP contribution in [0.3, 0.4) is 0 Å². The van der Waals surface area contributed by atoms with E-state index in [2.05, 4.69) is 10.3 Å². The average Bonchev–Trinajstić information content (AvgIpc) is 3.14. The summed E-state index contributed by atoms with van der Waals surface area (Å²) in [5, 5.41) is 2.97. The summed E-state index contributed by atoms with van der Waals surface area (Å²) in [6, 6.07) is 24.4. The second kappa shape index (κ2) is 16.9. The first kappa shape index (κ1) is 40.0. The number of benzene rings is 4. The fourth-order valence-corrected chi connectivity index (χ4v) is 9.00. The number of rotatable bonds is 14. The standard InChI is InChI=1S/C42H52N6O5S/c1-27-28(2)38(29(3)34-22-23-42(4,5)53-37(27)34)54(51,52)48(26-31-20-18-30(25-43)19-21-31)40(50)35(17-12-24-46-41(44)45)47-39(49)36(32-13-8-6-9-14-32)33-15-10-7-11-16-33/h6-11,13-16,18-21,35-36H,12,17,22-26,43H2,1-5H3,(H,47,49)(H4,44,45,46)/t35-/m1/s1. The fraction of sp³-hybridized carbons (Fsp3) is 0.357. The Morgan fingerprint density at radius 3 is 2.00 bits per heavy atom. The number of carbonyl (C=O) groups is 2. The van der Waals surface area contributed by atoms with Crippen molar-refractivity contribution in [2.75, 3.05) is 6.54 Å². The Labute approximate surface area is 319 Å². The zero-order valence-electron chi connectivity index (χ0n) is 31.8. The van der Waals surface area contributed by atoms with Crippen molar-refractivity contribution in [3.63, 3.8) is 0 Å². The smallest absolute Gasteiger partial charge is 0.267 e. The summed E-state index contributed by atoms with van der Waals surface area (Å²) < 4.78 is 37.6. The minimum Gasteiger partial charge on any atom is -0.487 e. The predicted molar refractivity (Wildman–Crippen MR) is 212 cm³/mol. The van der Waals surface area contributed by atoms with Gasteiger partial charge in [0.25, 0.3) is 15.9 Å². The van der Waals surface area contributed by atoms with Crippen molar-refractivity contribution in [3.8, 4) is 5.75 Å². The molecule has 2 amide bonds. The first-order valence-electron chi connectivity index (χ1n) is 18.3. The number of nitrogens with one attached hydrogen (secondary N) is 1. The van der Waals surface area contributed by atoms with Gasteiger partial charge in [-0.15, -0.1) is 0 Å². The summed E-state index contributed by atoms with van der Waals surface area (Å²) in [6.45, 7) is 9.62. The third kappa shape index (κ3) is 8.94. The van der Waals surface area contributed by atoms with Gasteiger partial charge in [0.2, 0.25) is 5.91 Å². The molecule has 1 atom stereocenters. The number of hydrogen-bond donors (Lipinski definition) is 4. The van der Waals surface area contributed by atoms with Crippen LogP contribution in [0.2, 0.25) is 0 Å². The van der Waals surface area contributed by atoms with E-state index in [0.29, 0.717) is 47.4 Å². The molecule has 0 aromatic heterocycles. The van der Waals surface area contributed by atoms with Crippen LogP contribution < -0.4 is 27.3 Å². The summed E-state index contributed by atoms with van der Waals surface area (Å²) in [7, 11) is -4.52. The molecular formula is C42H52N6O5S. The Morgan fingerprint density at radius 1 is 0.870 bits per heavy atom. The van der Waals surface area contributed by atoms with Gasteiger partial charge in [-0.05, 0) is 105 Å². The maximum Gasteiger partial charge on any atom is 0.267 e. The quantitative estimate of drug-likeness (QED) is 0.0764. The number of nitrogens with zero attached hydrogens (tertiary/aromatic N) is 2. The van der Waals surface area contributed by atoms with Crippen LogP contribution >= 0.6 is 0 Å². The van der Waals surface area contributed by atoms with Crippen LogP contribution in [-0.2, 0) is 39.1 Å². The monoisotopic (exact) mass is 752 g/mol. The lowest BCUT2D eigenvalue weighted by Gasteiger charge is -2.36. The predicted octanol–water partition coefficient (Wildman–Crippen LogP) is 5.26. The second-order valence-corrected chi connectivity index (χ2v) is 16.3. The van der Waals surface area contributed by atoms with Gasteiger partial charge in [-0.25, -0.2) is 12.7 Å². The van der Waals surface area contributed by atoms with Crippen molar-refractivity contribution in [2.24, 2.45) is 22.2 Å². The molecule has 0 saturated carbocycles. The second-order valence-electron chi connectivity index (χ2n) is 14.5. The van der Waals surface area contributed by atoms with E-state index in [0.717, 1.165) is 26.6 Å². The number of amides is 2. The molecule has 12 heteroatoms. The minimum atomic E-state index is -4.52. The number of nitrogens with two attached hydrogens (primary N) is 3. The third-order valence-corrected chi connectivity index (χ3v) is 12.2. The molecule has 54 heavy (non-hydrogen) atoms. The molecular weight excluding hydrogens is 701 g/mol. The molecule has 5 rings (SSSR count). The number of ether oxygens (including phenoxy) is 1. The number of hydrogen-bond acceptors (Lipinski definition) is 7. The van der Waals surface area contributed by atoms with Crippen molar-refractivity contribution in [1.29, 1.82) is 0 Å². The van der Waals surface area contributed by atoms with Crippen LogP contribution in [0.1, 0.15) is 83.5 Å². The van der Waals surface area contributed by atoms with Gasteiger partial charge < -0.3 is 27.3 Å². The Balaban J connectivity index is 1.62. The molecule has 0 spiro atoms. The Kier molecular flexibility index (Phi) is 12.5. The van der Waals surface area contributed by atoms with Crippen molar-refractivity contribution in [1.82, 2.24) is 9.62 Å². The lowest BCUT2D eigenvalue weighted by atomic mass is 9.88. The molecule has 0 aliphatic carbocycles. The van der Waals surface area contributed by atoms with Gasteiger partial charge in [0.15, 0.2) is 5.96 Å². The molecule has 4 aromatic carbocycles. The van der Waals surface area contributed by atoms with Gasteiger partial charge in [0, 0.05) is 13.1 Å². The molecule has 0 fully saturated rings. The van der Waals surface area contributed by atoms with Crippen LogP contribution in [0.25, 0.3) is 0 Å². The molecule has 1 heterocycles. The van der Waals surface area contributed by atoms with Crippen molar-refractivity contribution in [3.05, 3.63) is 129 Å². The van der Waals surface area contributed by atoms with Gasteiger partial charge in [-0.2, -0.15) is 0 Å². The third-order valence-electron chi connectivity index (χ3n) is 10.1. The molecule has 0 unspecified atom stereocenters. The number of aliphatic imine (C=N–C) groups is 1. The first-order chi connectivity index (χ1) is 25.6. The van der Waals surface area contributed by atoms with Gasteiger partial charge >= 0.3 is 0 Å². The van der Waals surface area contributed by atoms with Gasteiger partial charge in [0.05, 0.1) is 17.4 Å². The van der Waals surface area contributed by atoms with Crippen LogP contribution in [0.15, 0.2) is 94.8 Å². The van der Waals surface area contributed by atoms with Crippen LogP contribution in [0.5, 0.6) is 5.75 Å². The fourth-order valence-electron chi connectivity index (χ4n) is 7.05. The van der Waals surface area contributed by atoms with Crippen molar-refractivity contribution < 1.29 is 22.7 Å². The van der Waals surface area contributed by atoms with E-state index in [1.165, 1.54) is 0 Å². The summed E-state index contributed by atoms with van der Waals surface area (Å²) in [4.78, 5) is 33.6. The zero-order valence-corrected chi connectivity index (χ0v) is 32.6.